The summed E-state index contributed by atoms with van der Waals surface area (Å²) < 4.78 is 21.7. The molecule has 2 heteroatoms. The molecule has 1 radical (unpaired) electrons. The second-order valence-electron chi connectivity index (χ2n) is 2.71. The van der Waals surface area contributed by atoms with Gasteiger partial charge in [0.2, 0.25) is 0 Å². The molecule has 0 aliphatic rings. The first-order valence-corrected chi connectivity index (χ1v) is 4.01. The SMILES string of the molecule is [2H]C([2H])([2H])c1ccc(-c2[c-]cccc2)nc1.[CH3-].[Ir]. The summed E-state index contributed by atoms with van der Waals surface area (Å²) >= 11 is 0. The van der Waals surface area contributed by atoms with E-state index >= 15 is 0 Å². The Balaban J connectivity index is 0.00000144. The minimum absolute atomic E-state index is 0. The van der Waals surface area contributed by atoms with Crippen LogP contribution in [-0.4, -0.2) is 4.98 Å². The standard InChI is InChI=1S/C12H10N.CH3.Ir/c1-10-7-8-12(13-9-10)11-5-3-2-4-6-11;;/h2-5,7-9H,1H3;1H3;/q2*-1;/i1D3;;. The van der Waals surface area contributed by atoms with Gasteiger partial charge in [-0.2, -0.15) is 0 Å². The van der Waals surface area contributed by atoms with Gasteiger partial charge in [0.1, 0.15) is 0 Å². The van der Waals surface area contributed by atoms with Crippen LogP contribution in [0.15, 0.2) is 42.6 Å². The summed E-state index contributed by atoms with van der Waals surface area (Å²) in [7, 11) is 0. The van der Waals surface area contributed by atoms with Gasteiger partial charge in [-0.25, -0.2) is 0 Å². The van der Waals surface area contributed by atoms with Crippen molar-refractivity contribution in [2.24, 2.45) is 0 Å². The van der Waals surface area contributed by atoms with Crippen LogP contribution in [0.3, 0.4) is 0 Å². The second kappa shape index (κ2) is 6.49. The van der Waals surface area contributed by atoms with Crippen LogP contribution >= 0.6 is 0 Å². The van der Waals surface area contributed by atoms with Gasteiger partial charge in [0.25, 0.3) is 0 Å². The fourth-order valence-electron chi connectivity index (χ4n) is 1.11. The van der Waals surface area contributed by atoms with Crippen molar-refractivity contribution in [3.8, 4) is 11.3 Å². The van der Waals surface area contributed by atoms with Gasteiger partial charge in [0.15, 0.2) is 0 Å². The number of benzene rings is 1. The largest absolute Gasteiger partial charge is 0.358 e. The summed E-state index contributed by atoms with van der Waals surface area (Å²) in [5.74, 6) is 0. The fraction of sp³-hybridized carbons (Fsp3) is 0.0769. The number of aryl methyl sites for hydroxylation is 1. The Morgan fingerprint density at radius 3 is 2.67 bits per heavy atom. The first kappa shape index (κ1) is 9.26. The number of rotatable bonds is 1. The van der Waals surface area contributed by atoms with Gasteiger partial charge >= 0.3 is 0 Å². The zero-order valence-electron chi connectivity index (χ0n) is 11.3. The Hall–Kier alpha value is -0.981. The van der Waals surface area contributed by atoms with Crippen LogP contribution in [0.5, 0.6) is 0 Å². The molecule has 0 spiro atoms. The van der Waals surface area contributed by atoms with Crippen LogP contribution in [0.4, 0.5) is 0 Å². The topological polar surface area (TPSA) is 12.9 Å². The molecule has 2 rings (SSSR count). The Bertz CT molecular complexity index is 466. The smallest absolute Gasteiger partial charge is 0.0280 e. The van der Waals surface area contributed by atoms with E-state index in [1.807, 2.05) is 18.2 Å². The first-order chi connectivity index (χ1) is 7.57. The molecule has 0 saturated carbocycles. The minimum atomic E-state index is -2.09. The molecule has 0 saturated heterocycles. The van der Waals surface area contributed by atoms with E-state index in [0.717, 1.165) is 11.3 Å². The molecule has 0 fully saturated rings. The molecule has 1 heterocycles. The molecular formula is C13H13IrN-2. The maximum Gasteiger partial charge on any atom is 0.0280 e. The number of aromatic nitrogens is 1. The van der Waals surface area contributed by atoms with Crippen molar-refractivity contribution >= 4 is 0 Å². The molecule has 0 aliphatic carbocycles. The van der Waals surface area contributed by atoms with Crippen molar-refractivity contribution in [3.05, 3.63) is 61.7 Å². The zero-order chi connectivity index (χ0) is 11.6. The molecule has 1 nitrogen and oxygen atoms in total. The predicted octanol–water partition coefficient (Wildman–Crippen LogP) is 3.31. The Morgan fingerprint density at radius 1 is 1.27 bits per heavy atom. The number of hydrogen-bond donors (Lipinski definition) is 0. The zero-order valence-corrected chi connectivity index (χ0v) is 10.7. The molecule has 1 aromatic heterocycles. The Morgan fingerprint density at radius 2 is 2.13 bits per heavy atom. The Kier molecular flexibility index (Phi) is 4.01. The summed E-state index contributed by atoms with van der Waals surface area (Å²) in [5, 5.41) is 0. The second-order valence-corrected chi connectivity index (χ2v) is 2.71. The number of pyridine rings is 1. The van der Waals surface area contributed by atoms with E-state index in [2.05, 4.69) is 11.1 Å². The van der Waals surface area contributed by atoms with Crippen molar-refractivity contribution in [1.82, 2.24) is 4.98 Å². The van der Waals surface area contributed by atoms with Gasteiger partial charge in [-0.15, -0.1) is 35.9 Å². The van der Waals surface area contributed by atoms with Crippen molar-refractivity contribution < 1.29 is 24.2 Å². The molecule has 0 N–H and O–H groups in total. The van der Waals surface area contributed by atoms with E-state index in [0.29, 0.717) is 0 Å². The summed E-state index contributed by atoms with van der Waals surface area (Å²) in [4.78, 5) is 4.12. The normalized spacial score (nSPS) is 12.4. The molecule has 0 unspecified atom stereocenters. The van der Waals surface area contributed by atoms with Crippen LogP contribution in [0.1, 0.15) is 9.68 Å². The molecule has 0 amide bonds. The molecule has 1 aromatic carbocycles. The number of nitrogens with zero attached hydrogens (tertiary/aromatic N) is 1. The minimum Gasteiger partial charge on any atom is -0.358 e. The monoisotopic (exact) mass is 379 g/mol. The summed E-state index contributed by atoms with van der Waals surface area (Å²) in [6.07, 6.45) is 1.39. The average molecular weight is 378 g/mol. The molecule has 15 heavy (non-hydrogen) atoms. The van der Waals surface area contributed by atoms with Crippen LogP contribution in [0, 0.1) is 20.3 Å². The van der Waals surface area contributed by atoms with E-state index in [9.17, 15) is 0 Å². The summed E-state index contributed by atoms with van der Waals surface area (Å²) in [5.41, 5.74) is 1.85. The summed E-state index contributed by atoms with van der Waals surface area (Å²) in [6, 6.07) is 13.8. The predicted molar refractivity (Wildman–Crippen MR) is 59.7 cm³/mol. The van der Waals surface area contributed by atoms with Crippen molar-refractivity contribution in [1.29, 1.82) is 0 Å². The van der Waals surface area contributed by atoms with Gasteiger partial charge in [-0.3, -0.25) is 0 Å². The molecular weight excluding hydrogens is 362 g/mol. The van der Waals surface area contributed by atoms with Gasteiger partial charge in [-0.05, 0) is 18.1 Å². The third-order valence-electron chi connectivity index (χ3n) is 1.75. The summed E-state index contributed by atoms with van der Waals surface area (Å²) in [6.45, 7) is -2.09. The number of hydrogen-bond acceptors (Lipinski definition) is 1. The van der Waals surface area contributed by atoms with Gasteiger partial charge in [-0.1, -0.05) is 12.1 Å². The van der Waals surface area contributed by atoms with Crippen molar-refractivity contribution in [3.63, 3.8) is 0 Å². The van der Waals surface area contributed by atoms with Crippen molar-refractivity contribution in [2.45, 2.75) is 6.85 Å². The Labute approximate surface area is 109 Å². The van der Waals surface area contributed by atoms with E-state index in [1.54, 1.807) is 18.2 Å². The average Bonchev–Trinajstić information content (AvgIpc) is 2.29. The van der Waals surface area contributed by atoms with Crippen molar-refractivity contribution in [2.75, 3.05) is 0 Å². The third kappa shape index (κ3) is 3.58. The van der Waals surface area contributed by atoms with Gasteiger partial charge < -0.3 is 12.4 Å². The quantitative estimate of drug-likeness (QED) is 0.694. The van der Waals surface area contributed by atoms with Gasteiger partial charge in [0, 0.05) is 30.4 Å². The third-order valence-corrected chi connectivity index (χ3v) is 1.75. The molecule has 0 aliphatic heterocycles. The fourth-order valence-corrected chi connectivity index (χ4v) is 1.11. The van der Waals surface area contributed by atoms with E-state index in [1.165, 1.54) is 6.20 Å². The molecule has 0 atom stereocenters. The van der Waals surface area contributed by atoms with Crippen LogP contribution in [-0.2, 0) is 20.1 Å². The van der Waals surface area contributed by atoms with E-state index in [4.69, 9.17) is 4.11 Å². The van der Waals surface area contributed by atoms with Crippen LogP contribution in [0.25, 0.3) is 11.3 Å². The molecule has 81 valence electrons. The molecule has 0 bridgehead atoms. The van der Waals surface area contributed by atoms with E-state index in [-0.39, 0.29) is 33.1 Å². The maximum atomic E-state index is 7.23. The van der Waals surface area contributed by atoms with Crippen LogP contribution in [0.2, 0.25) is 0 Å². The van der Waals surface area contributed by atoms with Gasteiger partial charge in [0.05, 0.1) is 0 Å². The van der Waals surface area contributed by atoms with Crippen LogP contribution < -0.4 is 0 Å². The maximum absolute atomic E-state index is 7.23. The van der Waals surface area contributed by atoms with E-state index < -0.39 is 6.85 Å². The first-order valence-electron chi connectivity index (χ1n) is 5.51. The molecule has 2 aromatic rings.